The number of morpholine rings is 1. The normalized spacial score (nSPS) is 18.5. The standard InChI is InChI=1S/C22H31N5O4/c1-13(2)12-27-19-18(21(29)25-22(27)30)16(10-17(24-19)15-4-5-15)20(28)23-11-14(3)26-6-8-31-9-7-26/h10,13-15H,4-9,11-12H2,1-3H3,(H,23,28)(H,25,29,30). The third-order valence-corrected chi connectivity index (χ3v) is 5.98. The zero-order valence-electron chi connectivity index (χ0n) is 18.4. The van der Waals surface area contributed by atoms with Crippen LogP contribution >= 0.6 is 0 Å². The molecule has 3 heterocycles. The third kappa shape index (κ3) is 4.72. The summed E-state index contributed by atoms with van der Waals surface area (Å²) >= 11 is 0. The first-order valence-corrected chi connectivity index (χ1v) is 11.1. The number of pyridine rings is 1. The van der Waals surface area contributed by atoms with Gasteiger partial charge in [0, 0.05) is 43.8 Å². The number of rotatable bonds is 7. The molecule has 31 heavy (non-hydrogen) atoms. The Balaban J connectivity index is 1.69. The first kappa shape index (κ1) is 21.7. The molecule has 1 saturated carbocycles. The molecule has 1 amide bonds. The van der Waals surface area contributed by atoms with Gasteiger partial charge in [-0.2, -0.15) is 0 Å². The van der Waals surface area contributed by atoms with Crippen molar-refractivity contribution in [3.8, 4) is 0 Å². The Hall–Kier alpha value is -2.52. The first-order chi connectivity index (χ1) is 14.8. The van der Waals surface area contributed by atoms with Crippen LogP contribution in [-0.2, 0) is 11.3 Å². The van der Waals surface area contributed by atoms with Crippen LogP contribution in [0, 0.1) is 5.92 Å². The molecule has 1 aliphatic heterocycles. The van der Waals surface area contributed by atoms with Crippen molar-refractivity contribution in [3.05, 3.63) is 38.2 Å². The van der Waals surface area contributed by atoms with Gasteiger partial charge >= 0.3 is 5.69 Å². The molecule has 0 aromatic carbocycles. The molecular weight excluding hydrogens is 398 g/mol. The maximum Gasteiger partial charge on any atom is 0.330 e. The Morgan fingerprint density at radius 2 is 1.97 bits per heavy atom. The predicted molar refractivity (Wildman–Crippen MR) is 118 cm³/mol. The SMILES string of the molecule is CC(C)Cn1c(=O)[nH]c(=O)c2c(C(=O)NCC(C)N3CCOCC3)cc(C3CC3)nc21. The van der Waals surface area contributed by atoms with Gasteiger partial charge in [0.2, 0.25) is 0 Å². The maximum absolute atomic E-state index is 13.2. The van der Waals surface area contributed by atoms with Crippen molar-refractivity contribution in [1.29, 1.82) is 0 Å². The van der Waals surface area contributed by atoms with E-state index < -0.39 is 11.2 Å². The van der Waals surface area contributed by atoms with Gasteiger partial charge in [-0.15, -0.1) is 0 Å². The van der Waals surface area contributed by atoms with E-state index in [2.05, 4.69) is 27.1 Å². The van der Waals surface area contributed by atoms with Gasteiger partial charge in [0.1, 0.15) is 0 Å². The summed E-state index contributed by atoms with van der Waals surface area (Å²) in [5.74, 6) is 0.157. The Morgan fingerprint density at radius 1 is 1.26 bits per heavy atom. The molecule has 0 bridgehead atoms. The maximum atomic E-state index is 13.2. The second kappa shape index (κ2) is 8.92. The van der Waals surface area contributed by atoms with E-state index in [0.29, 0.717) is 37.5 Å². The van der Waals surface area contributed by atoms with Crippen LogP contribution < -0.4 is 16.6 Å². The van der Waals surface area contributed by atoms with Gasteiger partial charge in [0.25, 0.3) is 11.5 Å². The Kier molecular flexibility index (Phi) is 6.24. The zero-order chi connectivity index (χ0) is 22.1. The molecular formula is C22H31N5O4. The van der Waals surface area contributed by atoms with E-state index >= 15 is 0 Å². The minimum atomic E-state index is -0.568. The van der Waals surface area contributed by atoms with Crippen LogP contribution in [0.25, 0.3) is 11.0 Å². The number of hydrogen-bond donors (Lipinski definition) is 2. The van der Waals surface area contributed by atoms with E-state index in [-0.39, 0.29) is 29.2 Å². The van der Waals surface area contributed by atoms with Gasteiger partial charge in [-0.05, 0) is 31.7 Å². The van der Waals surface area contributed by atoms with Crippen molar-refractivity contribution in [3.63, 3.8) is 0 Å². The van der Waals surface area contributed by atoms with Crippen LogP contribution in [0.2, 0.25) is 0 Å². The predicted octanol–water partition coefficient (Wildman–Crippen LogP) is 1.07. The van der Waals surface area contributed by atoms with Gasteiger partial charge < -0.3 is 10.1 Å². The van der Waals surface area contributed by atoms with E-state index in [0.717, 1.165) is 31.6 Å². The lowest BCUT2D eigenvalue weighted by molar-refractivity contribution is 0.0204. The number of nitrogens with zero attached hydrogens (tertiary/aromatic N) is 3. The van der Waals surface area contributed by atoms with Crippen LogP contribution in [0.5, 0.6) is 0 Å². The summed E-state index contributed by atoms with van der Waals surface area (Å²) in [6.45, 7) is 10.0. The molecule has 0 spiro atoms. The van der Waals surface area contributed by atoms with Crippen molar-refractivity contribution < 1.29 is 9.53 Å². The fraction of sp³-hybridized carbons (Fsp3) is 0.636. The van der Waals surface area contributed by atoms with Crippen molar-refractivity contribution >= 4 is 16.9 Å². The number of amides is 1. The number of fused-ring (bicyclic) bond motifs is 1. The quantitative estimate of drug-likeness (QED) is 0.681. The highest BCUT2D eigenvalue weighted by molar-refractivity contribution is 6.05. The number of aromatic nitrogens is 3. The van der Waals surface area contributed by atoms with E-state index in [9.17, 15) is 14.4 Å². The molecule has 2 fully saturated rings. The smallest absolute Gasteiger partial charge is 0.330 e. The highest BCUT2D eigenvalue weighted by atomic mass is 16.5. The van der Waals surface area contributed by atoms with Crippen LogP contribution in [0.1, 0.15) is 55.6 Å². The summed E-state index contributed by atoms with van der Waals surface area (Å²) in [7, 11) is 0. The summed E-state index contributed by atoms with van der Waals surface area (Å²) < 4.78 is 6.88. The monoisotopic (exact) mass is 429 g/mol. The lowest BCUT2D eigenvalue weighted by Crippen LogP contribution is -2.47. The van der Waals surface area contributed by atoms with Gasteiger partial charge in [-0.3, -0.25) is 24.0 Å². The van der Waals surface area contributed by atoms with Crippen LogP contribution in [-0.4, -0.2) is 64.2 Å². The highest BCUT2D eigenvalue weighted by Gasteiger charge is 2.29. The molecule has 2 aromatic rings. The van der Waals surface area contributed by atoms with E-state index in [1.807, 2.05) is 13.8 Å². The molecule has 1 unspecified atom stereocenters. The molecule has 9 nitrogen and oxygen atoms in total. The Bertz CT molecular complexity index is 1080. The highest BCUT2D eigenvalue weighted by Crippen LogP contribution is 2.39. The van der Waals surface area contributed by atoms with Gasteiger partial charge in [-0.1, -0.05) is 13.8 Å². The third-order valence-electron chi connectivity index (χ3n) is 5.98. The van der Waals surface area contributed by atoms with Crippen LogP contribution in [0.15, 0.2) is 15.7 Å². The number of ether oxygens (including phenoxy) is 1. The molecule has 2 N–H and O–H groups in total. The molecule has 9 heteroatoms. The van der Waals surface area contributed by atoms with Crippen LogP contribution in [0.3, 0.4) is 0 Å². The molecule has 2 aromatic heterocycles. The van der Waals surface area contributed by atoms with E-state index in [4.69, 9.17) is 4.74 Å². The van der Waals surface area contributed by atoms with Gasteiger partial charge in [-0.25, -0.2) is 9.78 Å². The number of hydrogen-bond acceptors (Lipinski definition) is 6. The lowest BCUT2D eigenvalue weighted by Gasteiger charge is -2.32. The fourth-order valence-corrected chi connectivity index (χ4v) is 4.08. The van der Waals surface area contributed by atoms with Crippen molar-refractivity contribution in [1.82, 2.24) is 24.8 Å². The van der Waals surface area contributed by atoms with Crippen molar-refractivity contribution in [2.75, 3.05) is 32.8 Å². The van der Waals surface area contributed by atoms with Gasteiger partial charge in [0.05, 0.1) is 24.2 Å². The Morgan fingerprint density at radius 3 is 2.61 bits per heavy atom. The molecule has 4 rings (SSSR count). The topological polar surface area (TPSA) is 109 Å². The molecule has 1 atom stereocenters. The second-order valence-electron chi connectivity index (χ2n) is 9.04. The number of aromatic amines is 1. The molecule has 2 aliphatic rings. The first-order valence-electron chi connectivity index (χ1n) is 11.1. The largest absolute Gasteiger partial charge is 0.379 e. The number of nitrogens with one attached hydrogen (secondary N) is 2. The van der Waals surface area contributed by atoms with Crippen molar-refractivity contribution in [2.24, 2.45) is 5.92 Å². The second-order valence-corrected chi connectivity index (χ2v) is 9.04. The summed E-state index contributed by atoms with van der Waals surface area (Å²) in [6.07, 6.45) is 2.01. The Labute approximate surface area is 180 Å². The number of carbonyl (C=O) groups is 1. The molecule has 1 saturated heterocycles. The van der Waals surface area contributed by atoms with E-state index in [1.54, 1.807) is 6.07 Å². The average molecular weight is 430 g/mol. The zero-order valence-corrected chi connectivity index (χ0v) is 18.4. The minimum Gasteiger partial charge on any atom is -0.379 e. The lowest BCUT2D eigenvalue weighted by atomic mass is 10.1. The van der Waals surface area contributed by atoms with Crippen molar-refractivity contribution in [2.45, 2.75) is 52.1 Å². The number of H-pyrrole nitrogens is 1. The molecule has 168 valence electrons. The summed E-state index contributed by atoms with van der Waals surface area (Å²) in [5, 5.41) is 3.17. The minimum absolute atomic E-state index is 0.154. The van der Waals surface area contributed by atoms with Gasteiger partial charge in [0.15, 0.2) is 5.65 Å². The summed E-state index contributed by atoms with van der Waals surface area (Å²) in [4.78, 5) is 47.7. The van der Waals surface area contributed by atoms with E-state index in [1.165, 1.54) is 4.57 Å². The molecule has 1 aliphatic carbocycles. The molecule has 0 radical (unpaired) electrons. The average Bonchev–Trinajstić information content (AvgIpc) is 3.59. The number of carbonyl (C=O) groups excluding carboxylic acids is 1. The summed E-state index contributed by atoms with van der Waals surface area (Å²) in [6, 6.07) is 1.88. The van der Waals surface area contributed by atoms with Crippen LogP contribution in [0.4, 0.5) is 0 Å². The summed E-state index contributed by atoms with van der Waals surface area (Å²) in [5.41, 5.74) is 0.319. The fourth-order valence-electron chi connectivity index (χ4n) is 4.08.